The second-order valence-electron chi connectivity index (χ2n) is 5.09. The van der Waals surface area contributed by atoms with Crippen molar-refractivity contribution in [2.24, 2.45) is 5.92 Å². The first-order chi connectivity index (χ1) is 8.18. The molecular formula is C15H26N2. The molecule has 0 amide bonds. The number of rotatable bonds is 8. The van der Waals surface area contributed by atoms with Gasteiger partial charge in [-0.15, -0.1) is 0 Å². The van der Waals surface area contributed by atoms with E-state index < -0.39 is 0 Å². The lowest BCUT2D eigenvalue weighted by atomic mass is 10.1. The molecule has 1 aromatic rings. The summed E-state index contributed by atoms with van der Waals surface area (Å²) in [6.45, 7) is 10.9. The van der Waals surface area contributed by atoms with Crippen LogP contribution in [0.1, 0.15) is 25.0 Å². The lowest BCUT2D eigenvalue weighted by molar-refractivity contribution is 0.536. The van der Waals surface area contributed by atoms with Crippen LogP contribution >= 0.6 is 0 Å². The van der Waals surface area contributed by atoms with Gasteiger partial charge < -0.3 is 10.6 Å². The Balaban J connectivity index is 2.01. The molecule has 2 N–H and O–H groups in total. The van der Waals surface area contributed by atoms with Gasteiger partial charge in [-0.2, -0.15) is 0 Å². The van der Waals surface area contributed by atoms with Crippen LogP contribution in [-0.2, 0) is 6.42 Å². The van der Waals surface area contributed by atoms with Gasteiger partial charge in [0.05, 0.1) is 0 Å². The van der Waals surface area contributed by atoms with Crippen LogP contribution in [-0.4, -0.2) is 26.2 Å². The fourth-order valence-electron chi connectivity index (χ4n) is 1.79. The van der Waals surface area contributed by atoms with Crippen LogP contribution in [0.2, 0.25) is 0 Å². The summed E-state index contributed by atoms with van der Waals surface area (Å²) in [4.78, 5) is 0. The molecule has 0 radical (unpaired) electrons. The maximum absolute atomic E-state index is 3.46. The Morgan fingerprint density at radius 1 is 1.06 bits per heavy atom. The largest absolute Gasteiger partial charge is 0.315 e. The van der Waals surface area contributed by atoms with E-state index in [-0.39, 0.29) is 0 Å². The van der Waals surface area contributed by atoms with Crippen LogP contribution in [0.3, 0.4) is 0 Å². The first-order valence-corrected chi connectivity index (χ1v) is 6.65. The van der Waals surface area contributed by atoms with Crippen molar-refractivity contribution in [3.63, 3.8) is 0 Å². The lowest BCUT2D eigenvalue weighted by Crippen LogP contribution is -2.30. The monoisotopic (exact) mass is 234 g/mol. The lowest BCUT2D eigenvalue weighted by Gasteiger charge is -2.08. The predicted octanol–water partition coefficient (Wildman–Crippen LogP) is 2.37. The van der Waals surface area contributed by atoms with Crippen LogP contribution in [0.4, 0.5) is 0 Å². The van der Waals surface area contributed by atoms with Crippen LogP contribution in [0, 0.1) is 12.8 Å². The molecular weight excluding hydrogens is 208 g/mol. The van der Waals surface area contributed by atoms with Crippen molar-refractivity contribution in [2.45, 2.75) is 27.2 Å². The van der Waals surface area contributed by atoms with Gasteiger partial charge in [-0.3, -0.25) is 0 Å². The van der Waals surface area contributed by atoms with Gasteiger partial charge in [-0.25, -0.2) is 0 Å². The third kappa shape index (κ3) is 7.14. The molecule has 0 aliphatic carbocycles. The smallest absolute Gasteiger partial charge is 0.00768 e. The first-order valence-electron chi connectivity index (χ1n) is 6.65. The minimum atomic E-state index is 0.738. The summed E-state index contributed by atoms with van der Waals surface area (Å²) < 4.78 is 0. The van der Waals surface area contributed by atoms with Crippen molar-refractivity contribution in [3.05, 3.63) is 35.4 Å². The zero-order chi connectivity index (χ0) is 12.5. The quantitative estimate of drug-likeness (QED) is 0.675. The maximum atomic E-state index is 3.46. The Morgan fingerprint density at radius 3 is 2.53 bits per heavy atom. The van der Waals surface area contributed by atoms with E-state index in [1.54, 1.807) is 0 Å². The van der Waals surface area contributed by atoms with Gasteiger partial charge >= 0.3 is 0 Å². The highest BCUT2D eigenvalue weighted by atomic mass is 14.9. The molecule has 0 atom stereocenters. The second-order valence-corrected chi connectivity index (χ2v) is 5.09. The standard InChI is InChI=1S/C15H26N2/c1-13(2)12-17-10-9-16-8-7-15-6-4-5-14(3)11-15/h4-6,11,13,16-17H,7-10,12H2,1-3H3. The molecule has 0 spiro atoms. The van der Waals surface area contributed by atoms with Crippen molar-refractivity contribution in [3.8, 4) is 0 Å². The van der Waals surface area contributed by atoms with Crippen molar-refractivity contribution in [1.82, 2.24) is 10.6 Å². The summed E-state index contributed by atoms with van der Waals surface area (Å²) in [6.07, 6.45) is 1.12. The number of benzene rings is 1. The third-order valence-corrected chi connectivity index (χ3v) is 2.70. The van der Waals surface area contributed by atoms with Crippen molar-refractivity contribution in [1.29, 1.82) is 0 Å². The highest BCUT2D eigenvalue weighted by molar-refractivity contribution is 5.22. The maximum Gasteiger partial charge on any atom is 0.00768 e. The zero-order valence-electron chi connectivity index (χ0n) is 11.4. The van der Waals surface area contributed by atoms with E-state index in [0.29, 0.717) is 0 Å². The Morgan fingerprint density at radius 2 is 1.82 bits per heavy atom. The molecule has 0 heterocycles. The van der Waals surface area contributed by atoms with E-state index in [0.717, 1.165) is 38.5 Å². The third-order valence-electron chi connectivity index (χ3n) is 2.70. The van der Waals surface area contributed by atoms with Gasteiger partial charge in [0.1, 0.15) is 0 Å². The fourth-order valence-corrected chi connectivity index (χ4v) is 1.79. The Labute approximate surface area is 106 Å². The number of hydrogen-bond donors (Lipinski definition) is 2. The molecule has 2 nitrogen and oxygen atoms in total. The van der Waals surface area contributed by atoms with E-state index in [4.69, 9.17) is 0 Å². The molecule has 0 aliphatic heterocycles. The topological polar surface area (TPSA) is 24.1 Å². The summed E-state index contributed by atoms with van der Waals surface area (Å²) in [7, 11) is 0. The number of nitrogens with one attached hydrogen (secondary N) is 2. The minimum absolute atomic E-state index is 0.738. The zero-order valence-corrected chi connectivity index (χ0v) is 11.4. The summed E-state index contributed by atoms with van der Waals surface area (Å²) in [5.41, 5.74) is 2.77. The molecule has 2 heteroatoms. The highest BCUT2D eigenvalue weighted by Gasteiger charge is 1.94. The summed E-state index contributed by atoms with van der Waals surface area (Å²) in [6, 6.07) is 8.74. The summed E-state index contributed by atoms with van der Waals surface area (Å²) in [5.74, 6) is 0.738. The van der Waals surface area contributed by atoms with Crippen LogP contribution < -0.4 is 10.6 Å². The molecule has 0 saturated heterocycles. The van der Waals surface area contributed by atoms with Gasteiger partial charge in [0, 0.05) is 13.1 Å². The Bertz CT molecular complexity index is 308. The average molecular weight is 234 g/mol. The fraction of sp³-hybridized carbons (Fsp3) is 0.600. The molecule has 0 bridgehead atoms. The van der Waals surface area contributed by atoms with Gasteiger partial charge in [0.2, 0.25) is 0 Å². The predicted molar refractivity (Wildman–Crippen MR) is 75.5 cm³/mol. The van der Waals surface area contributed by atoms with Crippen LogP contribution in [0.15, 0.2) is 24.3 Å². The first kappa shape index (κ1) is 14.2. The van der Waals surface area contributed by atoms with Crippen molar-refractivity contribution >= 4 is 0 Å². The van der Waals surface area contributed by atoms with E-state index in [1.807, 2.05) is 0 Å². The molecule has 17 heavy (non-hydrogen) atoms. The molecule has 1 rings (SSSR count). The SMILES string of the molecule is Cc1cccc(CCNCCNCC(C)C)c1. The molecule has 0 aliphatic rings. The summed E-state index contributed by atoms with van der Waals surface area (Å²) >= 11 is 0. The van der Waals surface area contributed by atoms with Gasteiger partial charge in [0.15, 0.2) is 0 Å². The van der Waals surface area contributed by atoms with Gasteiger partial charge in [0.25, 0.3) is 0 Å². The highest BCUT2D eigenvalue weighted by Crippen LogP contribution is 2.03. The molecule has 1 aromatic carbocycles. The van der Waals surface area contributed by atoms with E-state index in [2.05, 4.69) is 55.7 Å². The average Bonchev–Trinajstić information content (AvgIpc) is 2.27. The van der Waals surface area contributed by atoms with E-state index in [1.165, 1.54) is 11.1 Å². The van der Waals surface area contributed by atoms with Crippen LogP contribution in [0.25, 0.3) is 0 Å². The van der Waals surface area contributed by atoms with Gasteiger partial charge in [-0.1, -0.05) is 43.7 Å². The molecule has 0 unspecified atom stereocenters. The Hall–Kier alpha value is -0.860. The Kier molecular flexibility index (Phi) is 6.90. The molecule has 0 aromatic heterocycles. The van der Waals surface area contributed by atoms with Crippen molar-refractivity contribution in [2.75, 3.05) is 26.2 Å². The summed E-state index contributed by atoms with van der Waals surface area (Å²) in [5, 5.41) is 6.89. The minimum Gasteiger partial charge on any atom is -0.315 e. The van der Waals surface area contributed by atoms with Gasteiger partial charge in [-0.05, 0) is 37.9 Å². The van der Waals surface area contributed by atoms with E-state index >= 15 is 0 Å². The molecule has 0 saturated carbocycles. The van der Waals surface area contributed by atoms with Crippen LogP contribution in [0.5, 0.6) is 0 Å². The normalized spacial score (nSPS) is 11.1. The molecule has 0 fully saturated rings. The molecule has 96 valence electrons. The number of aryl methyl sites for hydroxylation is 1. The van der Waals surface area contributed by atoms with Crippen molar-refractivity contribution < 1.29 is 0 Å². The second kappa shape index (κ2) is 8.26. The van der Waals surface area contributed by atoms with E-state index in [9.17, 15) is 0 Å². The number of hydrogen-bond acceptors (Lipinski definition) is 2.